The van der Waals surface area contributed by atoms with Crippen LogP contribution in [0, 0.1) is 0 Å². The molecule has 0 rings (SSSR count). The highest BCUT2D eigenvalue weighted by molar-refractivity contribution is 7.87. The summed E-state index contributed by atoms with van der Waals surface area (Å²) < 4.78 is 0. The Kier molecular flexibility index (Phi) is 5.53. The number of hydrogen-bond donors (Lipinski definition) is 3. The summed E-state index contributed by atoms with van der Waals surface area (Å²) in [7, 11) is 0. The van der Waals surface area contributed by atoms with Gasteiger partial charge >= 0.3 is 0 Å². The minimum atomic E-state index is 0.340. The van der Waals surface area contributed by atoms with Crippen molar-refractivity contribution in [1.82, 2.24) is 0 Å². The largest absolute Gasteiger partial charge is 0.178 e. The molecule has 0 aromatic rings. The highest BCUT2D eigenvalue weighted by atomic mass is 32.1. The molecule has 0 aliphatic heterocycles. The van der Waals surface area contributed by atoms with Crippen molar-refractivity contribution in [3.8, 4) is 0 Å². The molecule has 0 radical (unpaired) electrons. The summed E-state index contributed by atoms with van der Waals surface area (Å²) in [5.41, 5.74) is 0. The van der Waals surface area contributed by atoms with Crippen LogP contribution in [0.4, 0.5) is 0 Å². The van der Waals surface area contributed by atoms with Crippen LogP contribution in [0.25, 0.3) is 0 Å². The van der Waals surface area contributed by atoms with Crippen molar-refractivity contribution >= 4 is 37.9 Å². The lowest BCUT2D eigenvalue weighted by molar-refractivity contribution is 0.825. The van der Waals surface area contributed by atoms with Crippen LogP contribution < -0.4 is 0 Å². The molecule has 2 atom stereocenters. The van der Waals surface area contributed by atoms with E-state index in [0.29, 0.717) is 10.5 Å². The lowest BCUT2D eigenvalue weighted by atomic mass is 10.2. The maximum atomic E-state index is 4.28. The fourth-order valence-electron chi connectivity index (χ4n) is 0.394. The average Bonchev–Trinajstić information content (AvgIpc) is 1.84. The molecule has 2 unspecified atom stereocenters. The first-order valence-electron chi connectivity index (χ1n) is 2.69. The second-order valence-corrected chi connectivity index (χ2v) is 3.42. The Balaban J connectivity index is 3.29. The van der Waals surface area contributed by atoms with E-state index < -0.39 is 0 Å². The van der Waals surface area contributed by atoms with E-state index in [0.717, 1.165) is 12.2 Å². The SMILES string of the molecule is CCC(S)C(S)CS. The minimum Gasteiger partial charge on any atom is -0.178 e. The molecule has 0 saturated heterocycles. The molecule has 0 spiro atoms. The Bertz CT molecular complexity index is 47.6. The van der Waals surface area contributed by atoms with Gasteiger partial charge in [0.15, 0.2) is 0 Å². The van der Waals surface area contributed by atoms with Gasteiger partial charge in [0.2, 0.25) is 0 Å². The van der Waals surface area contributed by atoms with Gasteiger partial charge < -0.3 is 0 Å². The highest BCUT2D eigenvalue weighted by Crippen LogP contribution is 2.12. The van der Waals surface area contributed by atoms with Crippen LogP contribution in [0.15, 0.2) is 0 Å². The van der Waals surface area contributed by atoms with E-state index in [1.165, 1.54) is 0 Å². The third-order valence-corrected chi connectivity index (χ3v) is 3.23. The molecular weight excluding hydrogens is 156 g/mol. The van der Waals surface area contributed by atoms with E-state index in [2.05, 4.69) is 44.8 Å². The van der Waals surface area contributed by atoms with Gasteiger partial charge in [-0.3, -0.25) is 0 Å². The second-order valence-electron chi connectivity index (χ2n) is 1.73. The molecule has 0 saturated carbocycles. The topological polar surface area (TPSA) is 0 Å². The van der Waals surface area contributed by atoms with Gasteiger partial charge in [0.05, 0.1) is 0 Å². The molecule has 0 nitrogen and oxygen atoms in total. The van der Waals surface area contributed by atoms with Crippen molar-refractivity contribution in [2.75, 3.05) is 5.75 Å². The molecule has 0 bridgehead atoms. The van der Waals surface area contributed by atoms with Crippen LogP contribution in [0.2, 0.25) is 0 Å². The predicted molar refractivity (Wildman–Crippen MR) is 49.7 cm³/mol. The van der Waals surface area contributed by atoms with Crippen molar-refractivity contribution in [3.05, 3.63) is 0 Å². The average molecular weight is 168 g/mol. The van der Waals surface area contributed by atoms with E-state index in [4.69, 9.17) is 0 Å². The first kappa shape index (κ1) is 9.05. The summed E-state index contributed by atoms with van der Waals surface area (Å²) in [6.07, 6.45) is 1.07. The zero-order chi connectivity index (χ0) is 6.57. The number of rotatable bonds is 3. The van der Waals surface area contributed by atoms with Crippen molar-refractivity contribution in [1.29, 1.82) is 0 Å². The number of hydrogen-bond acceptors (Lipinski definition) is 3. The van der Waals surface area contributed by atoms with Crippen LogP contribution in [0.3, 0.4) is 0 Å². The minimum absolute atomic E-state index is 0.340. The Morgan fingerprint density at radius 3 is 1.88 bits per heavy atom. The van der Waals surface area contributed by atoms with Crippen LogP contribution in [-0.4, -0.2) is 16.3 Å². The third kappa shape index (κ3) is 3.15. The van der Waals surface area contributed by atoms with Crippen LogP contribution >= 0.6 is 37.9 Å². The summed E-state index contributed by atoms with van der Waals surface area (Å²) in [5.74, 6) is 0.811. The van der Waals surface area contributed by atoms with E-state index >= 15 is 0 Å². The van der Waals surface area contributed by atoms with Gasteiger partial charge in [0, 0.05) is 16.3 Å². The molecule has 0 aromatic carbocycles. The van der Waals surface area contributed by atoms with Crippen molar-refractivity contribution < 1.29 is 0 Å². The summed E-state index contributed by atoms with van der Waals surface area (Å²) in [5, 5.41) is 0.738. The summed E-state index contributed by atoms with van der Waals surface area (Å²) >= 11 is 12.6. The first-order valence-corrected chi connectivity index (χ1v) is 4.35. The van der Waals surface area contributed by atoms with Gasteiger partial charge in [-0.2, -0.15) is 37.9 Å². The van der Waals surface area contributed by atoms with Gasteiger partial charge in [-0.1, -0.05) is 6.92 Å². The summed E-state index contributed by atoms with van der Waals surface area (Å²) in [6.45, 7) is 2.10. The van der Waals surface area contributed by atoms with E-state index in [1.807, 2.05) is 0 Å². The predicted octanol–water partition coefficient (Wildman–Crippen LogP) is 1.92. The third-order valence-electron chi connectivity index (χ3n) is 1.05. The number of thiol groups is 3. The maximum absolute atomic E-state index is 4.28. The Labute approximate surface area is 67.7 Å². The van der Waals surface area contributed by atoms with Crippen LogP contribution in [-0.2, 0) is 0 Å². The lowest BCUT2D eigenvalue weighted by Crippen LogP contribution is -2.15. The maximum Gasteiger partial charge on any atom is 0.0221 e. The Morgan fingerprint density at radius 2 is 1.75 bits per heavy atom. The molecule has 0 amide bonds. The zero-order valence-corrected chi connectivity index (χ0v) is 7.59. The zero-order valence-electron chi connectivity index (χ0n) is 4.91. The Hall–Kier alpha value is 1.05. The molecular formula is C5H12S3. The van der Waals surface area contributed by atoms with E-state index in [1.54, 1.807) is 0 Å². The molecule has 0 fully saturated rings. The molecule has 0 heterocycles. The Morgan fingerprint density at radius 1 is 1.25 bits per heavy atom. The van der Waals surface area contributed by atoms with Crippen LogP contribution in [0.1, 0.15) is 13.3 Å². The standard InChI is InChI=1S/C5H12S3/c1-2-4(7)5(8)3-6/h4-8H,2-3H2,1H3. The fraction of sp³-hybridized carbons (Fsp3) is 1.00. The molecule has 0 N–H and O–H groups in total. The van der Waals surface area contributed by atoms with E-state index in [-0.39, 0.29) is 0 Å². The molecule has 8 heavy (non-hydrogen) atoms. The van der Waals surface area contributed by atoms with Gasteiger partial charge in [-0.25, -0.2) is 0 Å². The quantitative estimate of drug-likeness (QED) is 0.527. The molecule has 50 valence electrons. The van der Waals surface area contributed by atoms with Crippen molar-refractivity contribution in [2.24, 2.45) is 0 Å². The molecule has 0 aromatic heterocycles. The molecule has 0 aliphatic rings. The fourth-order valence-corrected chi connectivity index (χ4v) is 1.13. The second kappa shape index (κ2) is 4.89. The molecule has 0 aliphatic carbocycles. The summed E-state index contributed by atoms with van der Waals surface area (Å²) in [6, 6.07) is 0. The van der Waals surface area contributed by atoms with Gasteiger partial charge in [0.25, 0.3) is 0 Å². The van der Waals surface area contributed by atoms with E-state index in [9.17, 15) is 0 Å². The highest BCUT2D eigenvalue weighted by Gasteiger charge is 2.08. The smallest absolute Gasteiger partial charge is 0.0221 e. The first-order chi connectivity index (χ1) is 3.72. The lowest BCUT2D eigenvalue weighted by Gasteiger charge is -2.12. The molecule has 3 heteroatoms. The van der Waals surface area contributed by atoms with Crippen LogP contribution in [0.5, 0.6) is 0 Å². The van der Waals surface area contributed by atoms with Crippen molar-refractivity contribution in [3.63, 3.8) is 0 Å². The summed E-state index contributed by atoms with van der Waals surface area (Å²) in [4.78, 5) is 0. The van der Waals surface area contributed by atoms with Gasteiger partial charge in [-0.05, 0) is 6.42 Å². The van der Waals surface area contributed by atoms with Crippen molar-refractivity contribution in [2.45, 2.75) is 23.8 Å². The normalized spacial score (nSPS) is 18.0. The van der Waals surface area contributed by atoms with Gasteiger partial charge in [0.1, 0.15) is 0 Å². The monoisotopic (exact) mass is 168 g/mol. The van der Waals surface area contributed by atoms with Gasteiger partial charge in [-0.15, -0.1) is 0 Å².